The highest BCUT2D eigenvalue weighted by molar-refractivity contribution is 6.30. The van der Waals surface area contributed by atoms with Crippen LogP contribution in [0.25, 0.3) is 0 Å². The summed E-state index contributed by atoms with van der Waals surface area (Å²) < 4.78 is 35.9. The second-order valence-corrected chi connectivity index (χ2v) is 4.09. The molecule has 100 valence electrons. The average Bonchev–Trinajstić information content (AvgIpc) is 2.28. The summed E-state index contributed by atoms with van der Waals surface area (Å²) in [5, 5.41) is 11.6. The molecule has 1 rings (SSSR count). The van der Waals surface area contributed by atoms with Crippen molar-refractivity contribution in [2.75, 3.05) is 5.32 Å². The Morgan fingerprint density at radius 2 is 1.89 bits per heavy atom. The highest BCUT2D eigenvalue weighted by Crippen LogP contribution is 2.23. The van der Waals surface area contributed by atoms with Crippen molar-refractivity contribution in [3.05, 3.63) is 29.3 Å². The van der Waals surface area contributed by atoms with E-state index < -0.39 is 31.0 Å². The van der Waals surface area contributed by atoms with Crippen molar-refractivity contribution in [2.45, 2.75) is 25.1 Å². The van der Waals surface area contributed by atoms with Gasteiger partial charge in [0.15, 0.2) is 0 Å². The second kappa shape index (κ2) is 6.06. The number of aliphatic hydroxyl groups is 1. The zero-order valence-electron chi connectivity index (χ0n) is 9.17. The third-order valence-electron chi connectivity index (χ3n) is 2.15. The lowest BCUT2D eigenvalue weighted by molar-refractivity contribution is -0.205. The van der Waals surface area contributed by atoms with Crippen LogP contribution in [-0.4, -0.2) is 23.3 Å². The first-order chi connectivity index (χ1) is 8.29. The molecule has 1 amide bonds. The molecule has 0 aliphatic rings. The first-order valence-corrected chi connectivity index (χ1v) is 5.47. The smallest absolute Gasteiger partial charge is 0.384 e. The van der Waals surface area contributed by atoms with Crippen LogP contribution >= 0.6 is 11.6 Å². The summed E-state index contributed by atoms with van der Waals surface area (Å²) in [6.45, 7) is 0. The number of anilines is 1. The fourth-order valence-electron chi connectivity index (χ4n) is 1.19. The Kier molecular flexibility index (Phi) is 4.98. The molecule has 7 heteroatoms. The molecule has 0 radical (unpaired) electrons. The minimum absolute atomic E-state index is 0.413. The molecule has 0 bridgehead atoms. The number of halogens is 4. The van der Waals surface area contributed by atoms with Gasteiger partial charge in [0, 0.05) is 17.1 Å². The molecule has 3 nitrogen and oxygen atoms in total. The van der Waals surface area contributed by atoms with Crippen LogP contribution in [0, 0.1) is 0 Å². The zero-order valence-corrected chi connectivity index (χ0v) is 9.92. The standard InChI is InChI=1S/C11H11ClF3NO2/c12-7-1-3-8(4-2-7)16-10(18)6-5-9(17)11(13,14)15/h1-4,9,17H,5-6H2,(H,16,18)/t9-/m0/s1. The van der Waals surface area contributed by atoms with Gasteiger partial charge in [-0.1, -0.05) is 11.6 Å². The summed E-state index contributed by atoms with van der Waals surface area (Å²) in [4.78, 5) is 11.3. The van der Waals surface area contributed by atoms with Gasteiger partial charge in [-0.05, 0) is 30.7 Å². The fourth-order valence-corrected chi connectivity index (χ4v) is 1.31. The Labute approximate surface area is 107 Å². The van der Waals surface area contributed by atoms with Gasteiger partial charge in [-0.3, -0.25) is 4.79 Å². The van der Waals surface area contributed by atoms with Gasteiger partial charge in [0.1, 0.15) is 6.10 Å². The maximum absolute atomic E-state index is 12.0. The highest BCUT2D eigenvalue weighted by atomic mass is 35.5. The predicted molar refractivity (Wildman–Crippen MR) is 61.4 cm³/mol. The lowest BCUT2D eigenvalue weighted by Gasteiger charge is -2.13. The molecule has 0 unspecified atom stereocenters. The molecule has 18 heavy (non-hydrogen) atoms. The van der Waals surface area contributed by atoms with Gasteiger partial charge in [0.25, 0.3) is 0 Å². The molecule has 0 spiro atoms. The van der Waals surface area contributed by atoms with Crippen LogP contribution in [0.15, 0.2) is 24.3 Å². The Bertz CT molecular complexity index is 406. The molecule has 0 fully saturated rings. The van der Waals surface area contributed by atoms with Crippen LogP contribution in [-0.2, 0) is 4.79 Å². The van der Waals surface area contributed by atoms with Crippen molar-refractivity contribution >= 4 is 23.2 Å². The molecule has 0 aliphatic heterocycles. The predicted octanol–water partition coefficient (Wildman–Crippen LogP) is 2.98. The molecule has 1 atom stereocenters. The first kappa shape index (κ1) is 14.8. The minimum atomic E-state index is -4.69. The van der Waals surface area contributed by atoms with E-state index in [1.54, 1.807) is 12.1 Å². The van der Waals surface area contributed by atoms with E-state index in [9.17, 15) is 18.0 Å². The topological polar surface area (TPSA) is 49.3 Å². The number of amides is 1. The molecule has 0 aromatic heterocycles. The van der Waals surface area contributed by atoms with Crippen molar-refractivity contribution in [1.82, 2.24) is 0 Å². The molecular formula is C11H11ClF3NO2. The number of carbonyl (C=O) groups excluding carboxylic acids is 1. The molecule has 1 aromatic carbocycles. The molecule has 0 heterocycles. The Morgan fingerprint density at radius 3 is 2.39 bits per heavy atom. The Balaban J connectivity index is 2.41. The monoisotopic (exact) mass is 281 g/mol. The van der Waals surface area contributed by atoms with E-state index in [1.165, 1.54) is 12.1 Å². The van der Waals surface area contributed by atoms with Crippen LogP contribution in [0.2, 0.25) is 5.02 Å². The zero-order chi connectivity index (χ0) is 13.8. The lowest BCUT2D eigenvalue weighted by Crippen LogP contribution is -2.29. The molecule has 0 saturated heterocycles. The van der Waals surface area contributed by atoms with E-state index >= 15 is 0 Å². The summed E-state index contributed by atoms with van der Waals surface area (Å²) in [5.74, 6) is -0.597. The van der Waals surface area contributed by atoms with Crippen molar-refractivity contribution in [1.29, 1.82) is 0 Å². The van der Waals surface area contributed by atoms with Crippen LogP contribution in [0.5, 0.6) is 0 Å². The lowest BCUT2D eigenvalue weighted by atomic mass is 10.2. The number of aliphatic hydroxyl groups excluding tert-OH is 1. The van der Waals surface area contributed by atoms with Crippen molar-refractivity contribution in [3.63, 3.8) is 0 Å². The number of benzene rings is 1. The number of carbonyl (C=O) groups is 1. The van der Waals surface area contributed by atoms with Crippen molar-refractivity contribution in [3.8, 4) is 0 Å². The van der Waals surface area contributed by atoms with Gasteiger partial charge in [0.05, 0.1) is 0 Å². The normalized spacial score (nSPS) is 13.2. The minimum Gasteiger partial charge on any atom is -0.384 e. The largest absolute Gasteiger partial charge is 0.414 e. The molecule has 1 aromatic rings. The summed E-state index contributed by atoms with van der Waals surface area (Å²) in [6, 6.07) is 6.14. The van der Waals surface area contributed by atoms with E-state index in [0.717, 1.165) is 0 Å². The van der Waals surface area contributed by atoms with E-state index in [2.05, 4.69) is 5.32 Å². The van der Waals surface area contributed by atoms with Gasteiger partial charge >= 0.3 is 6.18 Å². The first-order valence-electron chi connectivity index (χ1n) is 5.09. The van der Waals surface area contributed by atoms with Crippen molar-refractivity contribution in [2.24, 2.45) is 0 Å². The van der Waals surface area contributed by atoms with Gasteiger partial charge < -0.3 is 10.4 Å². The second-order valence-electron chi connectivity index (χ2n) is 3.65. The Morgan fingerprint density at radius 1 is 1.33 bits per heavy atom. The fraction of sp³-hybridized carbons (Fsp3) is 0.364. The maximum atomic E-state index is 12.0. The van der Waals surface area contributed by atoms with E-state index in [1.807, 2.05) is 0 Å². The maximum Gasteiger partial charge on any atom is 0.414 e. The quantitative estimate of drug-likeness (QED) is 0.891. The number of rotatable bonds is 4. The highest BCUT2D eigenvalue weighted by Gasteiger charge is 2.37. The molecule has 2 N–H and O–H groups in total. The van der Waals surface area contributed by atoms with E-state index in [-0.39, 0.29) is 0 Å². The van der Waals surface area contributed by atoms with Crippen LogP contribution < -0.4 is 5.32 Å². The average molecular weight is 282 g/mol. The van der Waals surface area contributed by atoms with Gasteiger partial charge in [-0.15, -0.1) is 0 Å². The summed E-state index contributed by atoms with van der Waals surface area (Å²) in [5.41, 5.74) is 0.436. The molecule has 0 aliphatic carbocycles. The van der Waals surface area contributed by atoms with Crippen LogP contribution in [0.4, 0.5) is 18.9 Å². The van der Waals surface area contributed by atoms with Gasteiger partial charge in [-0.25, -0.2) is 0 Å². The van der Waals surface area contributed by atoms with Gasteiger partial charge in [-0.2, -0.15) is 13.2 Å². The molecular weight excluding hydrogens is 271 g/mol. The third kappa shape index (κ3) is 4.93. The van der Waals surface area contributed by atoms with E-state index in [0.29, 0.717) is 10.7 Å². The summed E-state index contributed by atoms with van der Waals surface area (Å²) in [7, 11) is 0. The number of hydrogen-bond donors (Lipinski definition) is 2. The number of alkyl halides is 3. The van der Waals surface area contributed by atoms with Gasteiger partial charge in [0.2, 0.25) is 5.91 Å². The molecule has 0 saturated carbocycles. The summed E-state index contributed by atoms with van der Waals surface area (Å²) >= 11 is 5.63. The van der Waals surface area contributed by atoms with E-state index in [4.69, 9.17) is 16.7 Å². The van der Waals surface area contributed by atoms with Crippen LogP contribution in [0.1, 0.15) is 12.8 Å². The third-order valence-corrected chi connectivity index (χ3v) is 2.40. The van der Waals surface area contributed by atoms with Crippen molar-refractivity contribution < 1.29 is 23.1 Å². The SMILES string of the molecule is O=C(CC[C@H](O)C(F)(F)F)Nc1ccc(Cl)cc1. The number of nitrogens with one attached hydrogen (secondary N) is 1. The Hall–Kier alpha value is -1.27. The summed E-state index contributed by atoms with van der Waals surface area (Å²) in [6.07, 6.45) is -8.25. The van der Waals surface area contributed by atoms with Crippen LogP contribution in [0.3, 0.4) is 0 Å². The number of hydrogen-bond acceptors (Lipinski definition) is 2.